The van der Waals surface area contributed by atoms with Gasteiger partial charge < -0.3 is 10.2 Å². The molecule has 2 rings (SSSR count). The van der Waals surface area contributed by atoms with Gasteiger partial charge in [0.1, 0.15) is 17.1 Å². The van der Waals surface area contributed by atoms with Crippen LogP contribution < -0.4 is 0 Å². The van der Waals surface area contributed by atoms with E-state index in [9.17, 15) is 15.0 Å². The fourth-order valence-electron chi connectivity index (χ4n) is 1.61. The molecule has 0 atom stereocenters. The number of carbonyl (C=O) groups excluding carboxylic acids is 1. The number of benzene rings is 1. The van der Waals surface area contributed by atoms with E-state index in [1.807, 2.05) is 0 Å². The standard InChI is InChI=1S/C12H11NO3S/c1-7-2-9(14)12(10(15)3-7)11(16)4-8-5-17-6-13-8/h2-3,5-6,14-15H,4H2,1H3. The number of phenolic OH excluding ortho intramolecular Hbond substituents is 2. The van der Waals surface area contributed by atoms with Crippen molar-refractivity contribution in [2.45, 2.75) is 13.3 Å². The van der Waals surface area contributed by atoms with Crippen molar-refractivity contribution in [2.75, 3.05) is 0 Å². The van der Waals surface area contributed by atoms with E-state index in [0.717, 1.165) is 0 Å². The van der Waals surface area contributed by atoms with Gasteiger partial charge in [0.25, 0.3) is 0 Å². The lowest BCUT2D eigenvalue weighted by molar-refractivity contribution is 0.0987. The maximum Gasteiger partial charge on any atom is 0.176 e. The summed E-state index contributed by atoms with van der Waals surface area (Å²) in [4.78, 5) is 15.9. The highest BCUT2D eigenvalue weighted by molar-refractivity contribution is 7.07. The molecule has 0 amide bonds. The minimum atomic E-state index is -0.342. The van der Waals surface area contributed by atoms with E-state index in [-0.39, 0.29) is 29.3 Å². The number of aromatic nitrogens is 1. The second-order valence-corrected chi connectivity index (χ2v) is 4.48. The molecule has 0 aliphatic carbocycles. The lowest BCUT2D eigenvalue weighted by Gasteiger charge is -2.06. The van der Waals surface area contributed by atoms with Crippen LogP contribution in [0.2, 0.25) is 0 Å². The number of aryl methyl sites for hydroxylation is 1. The van der Waals surface area contributed by atoms with Gasteiger partial charge in [-0.15, -0.1) is 11.3 Å². The Kier molecular flexibility index (Phi) is 3.10. The van der Waals surface area contributed by atoms with Gasteiger partial charge in [-0.25, -0.2) is 4.98 Å². The molecule has 1 aromatic heterocycles. The average Bonchev–Trinajstić information content (AvgIpc) is 2.68. The fraction of sp³-hybridized carbons (Fsp3) is 0.167. The van der Waals surface area contributed by atoms with E-state index >= 15 is 0 Å². The first-order valence-corrected chi connectivity index (χ1v) is 5.95. The van der Waals surface area contributed by atoms with E-state index in [1.165, 1.54) is 23.5 Å². The van der Waals surface area contributed by atoms with Crippen molar-refractivity contribution in [1.82, 2.24) is 4.98 Å². The van der Waals surface area contributed by atoms with Crippen molar-refractivity contribution in [3.8, 4) is 11.5 Å². The summed E-state index contributed by atoms with van der Waals surface area (Å²) in [6, 6.07) is 2.90. The van der Waals surface area contributed by atoms with E-state index in [4.69, 9.17) is 0 Å². The van der Waals surface area contributed by atoms with Gasteiger partial charge in [0, 0.05) is 5.38 Å². The van der Waals surface area contributed by atoms with Crippen molar-refractivity contribution in [1.29, 1.82) is 0 Å². The highest BCUT2D eigenvalue weighted by Gasteiger charge is 2.17. The molecule has 2 N–H and O–H groups in total. The minimum Gasteiger partial charge on any atom is -0.507 e. The van der Waals surface area contributed by atoms with Crippen LogP contribution in [0.1, 0.15) is 21.6 Å². The Labute approximate surface area is 102 Å². The predicted octanol–water partition coefficient (Wildman–Crippen LogP) is 2.29. The smallest absolute Gasteiger partial charge is 0.176 e. The molecule has 88 valence electrons. The van der Waals surface area contributed by atoms with Crippen molar-refractivity contribution >= 4 is 17.1 Å². The molecule has 0 fully saturated rings. The normalized spacial score (nSPS) is 10.4. The average molecular weight is 249 g/mol. The van der Waals surface area contributed by atoms with Gasteiger partial charge in [0.2, 0.25) is 0 Å². The van der Waals surface area contributed by atoms with Crippen molar-refractivity contribution in [3.05, 3.63) is 39.8 Å². The summed E-state index contributed by atoms with van der Waals surface area (Å²) in [6.45, 7) is 1.73. The topological polar surface area (TPSA) is 70.4 Å². The van der Waals surface area contributed by atoms with Crippen molar-refractivity contribution in [2.24, 2.45) is 0 Å². The Balaban J connectivity index is 2.31. The molecule has 0 unspecified atom stereocenters. The van der Waals surface area contributed by atoms with Crippen LogP contribution in [0.4, 0.5) is 0 Å². The Morgan fingerprint density at radius 2 is 2.00 bits per heavy atom. The number of ketones is 1. The molecular weight excluding hydrogens is 238 g/mol. The Hall–Kier alpha value is -1.88. The van der Waals surface area contributed by atoms with Crippen LogP contribution in [0, 0.1) is 6.92 Å². The SMILES string of the molecule is Cc1cc(O)c(C(=O)Cc2cscn2)c(O)c1. The zero-order valence-corrected chi connectivity index (χ0v) is 9.99. The van der Waals surface area contributed by atoms with Crippen LogP contribution in [0.5, 0.6) is 11.5 Å². The van der Waals surface area contributed by atoms with Gasteiger partial charge in [0.15, 0.2) is 5.78 Å². The summed E-state index contributed by atoms with van der Waals surface area (Å²) in [7, 11) is 0. The molecule has 2 aromatic rings. The summed E-state index contributed by atoms with van der Waals surface area (Å²) >= 11 is 1.40. The molecule has 0 radical (unpaired) electrons. The van der Waals surface area contributed by atoms with Crippen LogP contribution in [-0.4, -0.2) is 21.0 Å². The van der Waals surface area contributed by atoms with Crippen LogP contribution >= 0.6 is 11.3 Å². The first kappa shape index (κ1) is 11.6. The summed E-state index contributed by atoms with van der Waals surface area (Å²) in [5.74, 6) is -0.726. The summed E-state index contributed by atoms with van der Waals surface area (Å²) in [5.41, 5.74) is 2.94. The Bertz CT molecular complexity index is 526. The lowest BCUT2D eigenvalue weighted by atomic mass is 10.0. The molecule has 17 heavy (non-hydrogen) atoms. The maximum absolute atomic E-state index is 11.9. The van der Waals surface area contributed by atoms with Crippen molar-refractivity contribution < 1.29 is 15.0 Å². The van der Waals surface area contributed by atoms with Gasteiger partial charge in [-0.3, -0.25) is 4.79 Å². The molecule has 1 aromatic carbocycles. The summed E-state index contributed by atoms with van der Waals surface area (Å²) < 4.78 is 0. The molecule has 0 spiro atoms. The molecule has 1 heterocycles. The van der Waals surface area contributed by atoms with Crippen LogP contribution in [0.25, 0.3) is 0 Å². The molecule has 0 aliphatic heterocycles. The lowest BCUT2D eigenvalue weighted by Crippen LogP contribution is -2.04. The number of rotatable bonds is 3. The van der Waals surface area contributed by atoms with Crippen LogP contribution in [0.15, 0.2) is 23.0 Å². The van der Waals surface area contributed by atoms with Crippen LogP contribution in [-0.2, 0) is 6.42 Å². The van der Waals surface area contributed by atoms with Crippen molar-refractivity contribution in [3.63, 3.8) is 0 Å². The molecule has 0 aliphatic rings. The third-order valence-corrected chi connectivity index (χ3v) is 2.98. The quantitative estimate of drug-likeness (QED) is 0.819. The first-order valence-electron chi connectivity index (χ1n) is 5.01. The Morgan fingerprint density at radius 3 is 2.53 bits per heavy atom. The minimum absolute atomic E-state index is 0.0383. The monoisotopic (exact) mass is 249 g/mol. The van der Waals surface area contributed by atoms with E-state index < -0.39 is 0 Å². The largest absolute Gasteiger partial charge is 0.507 e. The highest BCUT2D eigenvalue weighted by Crippen LogP contribution is 2.29. The number of hydrogen-bond acceptors (Lipinski definition) is 5. The zero-order valence-electron chi connectivity index (χ0n) is 9.17. The third-order valence-electron chi connectivity index (χ3n) is 2.35. The summed E-state index contributed by atoms with van der Waals surface area (Å²) in [5, 5.41) is 21.1. The van der Waals surface area contributed by atoms with Gasteiger partial charge in [0.05, 0.1) is 17.6 Å². The predicted molar refractivity (Wildman–Crippen MR) is 64.7 cm³/mol. The second-order valence-electron chi connectivity index (χ2n) is 3.76. The molecule has 5 heteroatoms. The number of carbonyl (C=O) groups is 1. The molecular formula is C12H11NO3S. The van der Waals surface area contributed by atoms with E-state index in [0.29, 0.717) is 11.3 Å². The maximum atomic E-state index is 11.9. The van der Waals surface area contributed by atoms with Gasteiger partial charge in [-0.05, 0) is 24.6 Å². The number of thiazole rings is 1. The number of Topliss-reactive ketones (excluding diaryl/α,β-unsaturated/α-hetero) is 1. The van der Waals surface area contributed by atoms with Crippen LogP contribution in [0.3, 0.4) is 0 Å². The van der Waals surface area contributed by atoms with E-state index in [1.54, 1.807) is 17.8 Å². The molecule has 0 saturated heterocycles. The van der Waals surface area contributed by atoms with Gasteiger partial charge in [-0.2, -0.15) is 0 Å². The first-order chi connectivity index (χ1) is 8.08. The number of nitrogens with zero attached hydrogens (tertiary/aromatic N) is 1. The molecule has 0 bridgehead atoms. The van der Waals surface area contributed by atoms with Gasteiger partial charge in [-0.1, -0.05) is 0 Å². The second kappa shape index (κ2) is 4.55. The Morgan fingerprint density at radius 1 is 1.35 bits per heavy atom. The highest BCUT2D eigenvalue weighted by atomic mass is 32.1. The summed E-state index contributed by atoms with van der Waals surface area (Å²) in [6.07, 6.45) is 0.0771. The third kappa shape index (κ3) is 2.45. The molecule has 0 saturated carbocycles. The number of aromatic hydroxyl groups is 2. The van der Waals surface area contributed by atoms with Gasteiger partial charge >= 0.3 is 0 Å². The van der Waals surface area contributed by atoms with E-state index in [2.05, 4.69) is 4.98 Å². The number of hydrogen-bond donors (Lipinski definition) is 2. The number of phenols is 2. The zero-order chi connectivity index (χ0) is 12.4. The molecule has 4 nitrogen and oxygen atoms in total. The fourth-order valence-corrected chi connectivity index (χ4v) is 2.17.